The first kappa shape index (κ1) is 13.8. The highest BCUT2D eigenvalue weighted by Gasteiger charge is 2.20. The summed E-state index contributed by atoms with van der Waals surface area (Å²) in [6, 6.07) is 4.08. The third kappa shape index (κ3) is 3.42. The van der Waals surface area contributed by atoms with E-state index >= 15 is 0 Å². The molecule has 0 bridgehead atoms. The number of nitro groups is 1. The van der Waals surface area contributed by atoms with E-state index in [2.05, 4.69) is 5.32 Å². The molecule has 1 heterocycles. The first-order valence-corrected chi connectivity index (χ1v) is 6.28. The van der Waals surface area contributed by atoms with Gasteiger partial charge in [-0.3, -0.25) is 14.9 Å². The maximum atomic E-state index is 12.0. The molecule has 1 N–H and O–H groups in total. The third-order valence-corrected chi connectivity index (χ3v) is 3.28. The highest BCUT2D eigenvalue weighted by Crippen LogP contribution is 2.25. The lowest BCUT2D eigenvalue weighted by Crippen LogP contribution is -2.38. The zero-order chi connectivity index (χ0) is 13.8. The second-order valence-electron chi connectivity index (χ2n) is 4.28. The van der Waals surface area contributed by atoms with Gasteiger partial charge in [0.25, 0.3) is 11.6 Å². The van der Waals surface area contributed by atoms with Gasteiger partial charge in [-0.15, -0.1) is 0 Å². The van der Waals surface area contributed by atoms with Crippen molar-refractivity contribution in [2.24, 2.45) is 0 Å². The van der Waals surface area contributed by atoms with Gasteiger partial charge >= 0.3 is 0 Å². The standard InChI is InChI=1S/C12H13ClN2O4/c13-10-2-1-8(7-11(10)15(17)18)12(16)14-9-3-5-19-6-4-9/h1-2,7,9H,3-6H2,(H,14,16). The molecule has 19 heavy (non-hydrogen) atoms. The highest BCUT2D eigenvalue weighted by atomic mass is 35.5. The topological polar surface area (TPSA) is 81.5 Å². The fraction of sp³-hybridized carbons (Fsp3) is 0.417. The first-order chi connectivity index (χ1) is 9.08. The van der Waals surface area contributed by atoms with Crippen LogP contribution in [0, 0.1) is 10.1 Å². The van der Waals surface area contributed by atoms with E-state index in [-0.39, 0.29) is 28.2 Å². The summed E-state index contributed by atoms with van der Waals surface area (Å²) in [6.45, 7) is 1.23. The summed E-state index contributed by atoms with van der Waals surface area (Å²) in [5.74, 6) is -0.327. The molecule has 0 unspecified atom stereocenters. The van der Waals surface area contributed by atoms with Crippen LogP contribution in [0.4, 0.5) is 5.69 Å². The van der Waals surface area contributed by atoms with Gasteiger partial charge in [0.2, 0.25) is 0 Å². The van der Waals surface area contributed by atoms with Gasteiger partial charge in [0.05, 0.1) is 4.92 Å². The van der Waals surface area contributed by atoms with Gasteiger partial charge in [-0.2, -0.15) is 0 Å². The Kier molecular flexibility index (Phi) is 4.34. The van der Waals surface area contributed by atoms with Gasteiger partial charge in [0.15, 0.2) is 0 Å². The van der Waals surface area contributed by atoms with Gasteiger partial charge in [0.1, 0.15) is 5.02 Å². The van der Waals surface area contributed by atoms with Crippen LogP contribution in [0.1, 0.15) is 23.2 Å². The summed E-state index contributed by atoms with van der Waals surface area (Å²) in [7, 11) is 0. The fourth-order valence-corrected chi connectivity index (χ4v) is 2.09. The molecular weight excluding hydrogens is 272 g/mol. The second kappa shape index (κ2) is 5.99. The van der Waals surface area contributed by atoms with Crippen molar-refractivity contribution in [1.29, 1.82) is 0 Å². The molecule has 1 aromatic rings. The molecule has 1 fully saturated rings. The Balaban J connectivity index is 2.10. The van der Waals surface area contributed by atoms with Crippen LogP contribution in [0.15, 0.2) is 18.2 Å². The van der Waals surface area contributed by atoms with Crippen molar-refractivity contribution < 1.29 is 14.5 Å². The van der Waals surface area contributed by atoms with E-state index in [1.807, 2.05) is 0 Å². The number of nitrogens with one attached hydrogen (secondary N) is 1. The van der Waals surface area contributed by atoms with Gasteiger partial charge in [-0.05, 0) is 25.0 Å². The van der Waals surface area contributed by atoms with Crippen LogP contribution < -0.4 is 5.32 Å². The van der Waals surface area contributed by atoms with Crippen molar-refractivity contribution in [3.05, 3.63) is 38.9 Å². The summed E-state index contributed by atoms with van der Waals surface area (Å²) in [5, 5.41) is 13.6. The molecule has 1 saturated heterocycles. The summed E-state index contributed by atoms with van der Waals surface area (Å²) < 4.78 is 5.20. The molecule has 1 aliphatic rings. The Bertz CT molecular complexity index is 501. The van der Waals surface area contributed by atoms with Crippen LogP contribution in [0.5, 0.6) is 0 Å². The molecular formula is C12H13ClN2O4. The second-order valence-corrected chi connectivity index (χ2v) is 4.69. The summed E-state index contributed by atoms with van der Waals surface area (Å²) in [4.78, 5) is 22.1. The minimum Gasteiger partial charge on any atom is -0.381 e. The molecule has 0 spiro atoms. The molecule has 0 radical (unpaired) electrons. The molecule has 1 amide bonds. The van der Waals surface area contributed by atoms with Crippen LogP contribution in [0.2, 0.25) is 5.02 Å². The van der Waals surface area contributed by atoms with Crippen LogP contribution in [0.3, 0.4) is 0 Å². The maximum absolute atomic E-state index is 12.0. The predicted octanol–water partition coefficient (Wildman–Crippen LogP) is 2.16. The van der Waals surface area contributed by atoms with E-state index in [1.165, 1.54) is 18.2 Å². The number of hydrogen-bond donors (Lipinski definition) is 1. The van der Waals surface area contributed by atoms with Gasteiger partial charge in [-0.1, -0.05) is 11.6 Å². The molecule has 102 valence electrons. The SMILES string of the molecule is O=C(NC1CCOCC1)c1ccc(Cl)c([N+](=O)[O-])c1. The summed E-state index contributed by atoms with van der Waals surface area (Å²) in [6.07, 6.45) is 1.50. The highest BCUT2D eigenvalue weighted by molar-refractivity contribution is 6.32. The Labute approximate surface area is 114 Å². The van der Waals surface area contributed by atoms with E-state index in [0.717, 1.165) is 12.8 Å². The van der Waals surface area contributed by atoms with Crippen molar-refractivity contribution in [3.63, 3.8) is 0 Å². The quantitative estimate of drug-likeness (QED) is 0.681. The van der Waals surface area contributed by atoms with Gasteiger partial charge in [-0.25, -0.2) is 0 Å². The number of nitrogens with zero attached hydrogens (tertiary/aromatic N) is 1. The lowest BCUT2D eigenvalue weighted by Gasteiger charge is -2.23. The summed E-state index contributed by atoms with van der Waals surface area (Å²) >= 11 is 5.70. The average Bonchev–Trinajstić information content (AvgIpc) is 2.40. The number of ether oxygens (including phenoxy) is 1. The number of carbonyl (C=O) groups is 1. The van der Waals surface area contributed by atoms with Crippen molar-refractivity contribution in [1.82, 2.24) is 5.32 Å². The third-order valence-electron chi connectivity index (χ3n) is 2.96. The zero-order valence-corrected chi connectivity index (χ0v) is 10.9. The molecule has 6 nitrogen and oxygen atoms in total. The molecule has 1 aromatic carbocycles. The normalized spacial score (nSPS) is 16.1. The summed E-state index contributed by atoms with van der Waals surface area (Å²) in [5.41, 5.74) is -0.0242. The van der Waals surface area contributed by atoms with Crippen LogP contribution in [0.25, 0.3) is 0 Å². The van der Waals surface area contributed by atoms with Crippen LogP contribution in [-0.4, -0.2) is 30.1 Å². The maximum Gasteiger partial charge on any atom is 0.288 e. The van der Waals surface area contributed by atoms with E-state index in [9.17, 15) is 14.9 Å². The van der Waals surface area contributed by atoms with Crippen molar-refractivity contribution in [3.8, 4) is 0 Å². The number of amides is 1. The van der Waals surface area contributed by atoms with Crippen LogP contribution >= 0.6 is 11.6 Å². The number of hydrogen-bond acceptors (Lipinski definition) is 4. The monoisotopic (exact) mass is 284 g/mol. The average molecular weight is 285 g/mol. The van der Waals surface area contributed by atoms with Gasteiger partial charge < -0.3 is 10.1 Å². The number of rotatable bonds is 3. The molecule has 7 heteroatoms. The predicted molar refractivity (Wildman–Crippen MR) is 69.4 cm³/mol. The molecule has 0 atom stereocenters. The van der Waals surface area contributed by atoms with E-state index < -0.39 is 4.92 Å². The van der Waals surface area contributed by atoms with Crippen molar-refractivity contribution >= 4 is 23.2 Å². The Morgan fingerprint density at radius 1 is 1.42 bits per heavy atom. The Hall–Kier alpha value is -1.66. The van der Waals surface area contributed by atoms with Crippen LogP contribution in [-0.2, 0) is 4.74 Å². The molecule has 1 aliphatic heterocycles. The number of halogens is 1. The van der Waals surface area contributed by atoms with E-state index in [4.69, 9.17) is 16.3 Å². The van der Waals surface area contributed by atoms with Crippen molar-refractivity contribution in [2.45, 2.75) is 18.9 Å². The molecule has 0 saturated carbocycles. The zero-order valence-electron chi connectivity index (χ0n) is 10.1. The van der Waals surface area contributed by atoms with Crippen molar-refractivity contribution in [2.75, 3.05) is 13.2 Å². The minimum absolute atomic E-state index is 0.0209. The number of benzene rings is 1. The lowest BCUT2D eigenvalue weighted by atomic mass is 10.1. The molecule has 2 rings (SSSR count). The smallest absolute Gasteiger partial charge is 0.288 e. The largest absolute Gasteiger partial charge is 0.381 e. The Morgan fingerprint density at radius 2 is 2.11 bits per heavy atom. The van der Waals surface area contributed by atoms with Gasteiger partial charge in [0, 0.05) is 30.9 Å². The Morgan fingerprint density at radius 3 is 2.74 bits per heavy atom. The number of carbonyl (C=O) groups excluding carboxylic acids is 1. The van der Waals surface area contributed by atoms with E-state index in [1.54, 1.807) is 0 Å². The van der Waals surface area contributed by atoms with E-state index in [0.29, 0.717) is 13.2 Å². The first-order valence-electron chi connectivity index (χ1n) is 5.90. The molecule has 0 aliphatic carbocycles. The number of nitro benzene ring substituents is 1. The minimum atomic E-state index is -0.604. The fourth-order valence-electron chi connectivity index (χ4n) is 1.90. The lowest BCUT2D eigenvalue weighted by molar-refractivity contribution is -0.384. The molecule has 0 aromatic heterocycles.